The molecule has 102 valence electrons. The zero-order valence-electron chi connectivity index (χ0n) is 11.8. The van der Waals surface area contributed by atoms with Crippen LogP contribution in [0.3, 0.4) is 0 Å². The molecular formula is C14H29NO2. The molecule has 1 N–H and O–H groups in total. The van der Waals surface area contributed by atoms with Crippen molar-refractivity contribution >= 4 is 0 Å². The minimum absolute atomic E-state index is 0.00942. The van der Waals surface area contributed by atoms with Crippen molar-refractivity contribution in [1.29, 1.82) is 0 Å². The lowest BCUT2D eigenvalue weighted by atomic mass is 9.83. The van der Waals surface area contributed by atoms with Gasteiger partial charge in [-0.2, -0.15) is 0 Å². The predicted molar refractivity (Wildman–Crippen MR) is 71.4 cm³/mol. The molecule has 0 radical (unpaired) electrons. The predicted octanol–water partition coefficient (Wildman–Crippen LogP) is 2.74. The van der Waals surface area contributed by atoms with Gasteiger partial charge in [0.1, 0.15) is 0 Å². The lowest BCUT2D eigenvalue weighted by Gasteiger charge is -2.43. The Labute approximate surface area is 106 Å². The van der Waals surface area contributed by atoms with Crippen molar-refractivity contribution in [2.75, 3.05) is 26.9 Å². The van der Waals surface area contributed by atoms with Crippen LogP contribution in [0.25, 0.3) is 0 Å². The highest BCUT2D eigenvalue weighted by Gasteiger charge is 2.39. The molecule has 1 fully saturated rings. The number of rotatable bonds is 8. The summed E-state index contributed by atoms with van der Waals surface area (Å²) in [5.74, 6) is 0. The standard InChI is InChI=1S/C14H29NO2/c1-4-6-7-8-13(15-3)14(17-5-2)9-11-16-12-10-14/h13,15H,4-12H2,1-3H3. The van der Waals surface area contributed by atoms with Crippen LogP contribution in [0.4, 0.5) is 0 Å². The number of ether oxygens (including phenoxy) is 2. The van der Waals surface area contributed by atoms with Gasteiger partial charge < -0.3 is 14.8 Å². The highest BCUT2D eigenvalue weighted by molar-refractivity contribution is 4.94. The molecule has 3 heteroatoms. The molecule has 0 saturated carbocycles. The van der Waals surface area contributed by atoms with Crippen molar-refractivity contribution in [3.63, 3.8) is 0 Å². The topological polar surface area (TPSA) is 30.5 Å². The van der Waals surface area contributed by atoms with Crippen LogP contribution in [0.2, 0.25) is 0 Å². The molecule has 1 aliphatic heterocycles. The van der Waals surface area contributed by atoms with Crippen LogP contribution in [-0.4, -0.2) is 38.5 Å². The fraction of sp³-hybridized carbons (Fsp3) is 1.00. The average molecular weight is 243 g/mol. The summed E-state index contributed by atoms with van der Waals surface area (Å²) in [5.41, 5.74) is 0.00942. The first-order valence-corrected chi connectivity index (χ1v) is 7.18. The summed E-state index contributed by atoms with van der Waals surface area (Å²) in [6, 6.07) is 0.470. The average Bonchev–Trinajstić information content (AvgIpc) is 2.36. The van der Waals surface area contributed by atoms with Crippen LogP contribution in [-0.2, 0) is 9.47 Å². The van der Waals surface area contributed by atoms with Crippen molar-refractivity contribution in [3.8, 4) is 0 Å². The molecule has 0 aliphatic carbocycles. The van der Waals surface area contributed by atoms with E-state index in [2.05, 4.69) is 26.2 Å². The van der Waals surface area contributed by atoms with Gasteiger partial charge in [-0.25, -0.2) is 0 Å². The van der Waals surface area contributed by atoms with E-state index >= 15 is 0 Å². The van der Waals surface area contributed by atoms with Crippen LogP contribution >= 0.6 is 0 Å². The number of hydrogen-bond acceptors (Lipinski definition) is 3. The van der Waals surface area contributed by atoms with E-state index in [9.17, 15) is 0 Å². The normalized spacial score (nSPS) is 21.4. The third kappa shape index (κ3) is 4.23. The Morgan fingerprint density at radius 3 is 2.47 bits per heavy atom. The second kappa shape index (κ2) is 8.06. The Bertz CT molecular complexity index is 185. The first-order chi connectivity index (χ1) is 8.29. The molecule has 1 saturated heterocycles. The van der Waals surface area contributed by atoms with Crippen LogP contribution in [0.5, 0.6) is 0 Å². The Morgan fingerprint density at radius 2 is 1.94 bits per heavy atom. The molecule has 1 heterocycles. The molecule has 1 aliphatic rings. The van der Waals surface area contributed by atoms with E-state index < -0.39 is 0 Å². The summed E-state index contributed by atoms with van der Waals surface area (Å²) in [7, 11) is 2.06. The molecule has 17 heavy (non-hydrogen) atoms. The smallest absolute Gasteiger partial charge is 0.0878 e. The highest BCUT2D eigenvalue weighted by atomic mass is 16.5. The quantitative estimate of drug-likeness (QED) is 0.665. The minimum Gasteiger partial charge on any atom is -0.381 e. The molecule has 3 nitrogen and oxygen atoms in total. The van der Waals surface area contributed by atoms with E-state index in [1.54, 1.807) is 0 Å². The van der Waals surface area contributed by atoms with Crippen molar-refractivity contribution in [2.45, 2.75) is 64.0 Å². The fourth-order valence-corrected chi connectivity index (χ4v) is 2.87. The summed E-state index contributed by atoms with van der Waals surface area (Å²) in [4.78, 5) is 0. The Hall–Kier alpha value is -0.120. The molecule has 0 aromatic rings. The zero-order valence-corrected chi connectivity index (χ0v) is 11.8. The van der Waals surface area contributed by atoms with Crippen LogP contribution in [0, 0.1) is 0 Å². The van der Waals surface area contributed by atoms with Crippen molar-refractivity contribution < 1.29 is 9.47 Å². The Kier molecular flexibility index (Phi) is 7.09. The first kappa shape index (κ1) is 14.9. The Morgan fingerprint density at radius 1 is 1.24 bits per heavy atom. The second-order valence-electron chi connectivity index (χ2n) is 4.95. The van der Waals surface area contributed by atoms with Gasteiger partial charge in [0.05, 0.1) is 5.60 Å². The van der Waals surface area contributed by atoms with Gasteiger partial charge >= 0.3 is 0 Å². The molecule has 0 aromatic carbocycles. The number of nitrogens with one attached hydrogen (secondary N) is 1. The van der Waals surface area contributed by atoms with Crippen LogP contribution in [0.15, 0.2) is 0 Å². The van der Waals surface area contributed by atoms with Gasteiger partial charge in [-0.1, -0.05) is 26.2 Å². The number of unbranched alkanes of at least 4 members (excludes halogenated alkanes) is 2. The van der Waals surface area contributed by atoms with E-state index in [4.69, 9.17) is 9.47 Å². The van der Waals surface area contributed by atoms with Gasteiger partial charge in [0.2, 0.25) is 0 Å². The van der Waals surface area contributed by atoms with Crippen molar-refractivity contribution in [3.05, 3.63) is 0 Å². The van der Waals surface area contributed by atoms with E-state index in [0.717, 1.165) is 32.7 Å². The van der Waals surface area contributed by atoms with Crippen LogP contribution < -0.4 is 5.32 Å². The van der Waals surface area contributed by atoms with Gasteiger partial charge in [-0.3, -0.25) is 0 Å². The van der Waals surface area contributed by atoms with Gasteiger partial charge in [0.15, 0.2) is 0 Å². The lowest BCUT2D eigenvalue weighted by Crippen LogP contribution is -2.54. The monoisotopic (exact) mass is 243 g/mol. The molecule has 0 bridgehead atoms. The number of likely N-dealkylation sites (N-methyl/N-ethyl adjacent to an activating group) is 1. The van der Waals surface area contributed by atoms with Gasteiger partial charge in [0.25, 0.3) is 0 Å². The summed E-state index contributed by atoms with van der Waals surface area (Å²) in [6.45, 7) is 6.82. The van der Waals surface area contributed by atoms with Gasteiger partial charge in [0, 0.05) is 38.7 Å². The van der Waals surface area contributed by atoms with E-state index in [1.165, 1.54) is 25.7 Å². The summed E-state index contributed by atoms with van der Waals surface area (Å²) in [5, 5.41) is 3.48. The molecule has 1 atom stereocenters. The third-order valence-corrected chi connectivity index (χ3v) is 3.85. The zero-order chi connectivity index (χ0) is 12.6. The first-order valence-electron chi connectivity index (χ1n) is 7.18. The van der Waals surface area contributed by atoms with Crippen LogP contribution in [0.1, 0.15) is 52.4 Å². The van der Waals surface area contributed by atoms with Gasteiger partial charge in [-0.15, -0.1) is 0 Å². The maximum absolute atomic E-state index is 6.11. The molecule has 0 spiro atoms. The minimum atomic E-state index is 0.00942. The molecule has 1 rings (SSSR count). The highest BCUT2D eigenvalue weighted by Crippen LogP contribution is 2.31. The van der Waals surface area contributed by atoms with E-state index in [-0.39, 0.29) is 5.60 Å². The van der Waals surface area contributed by atoms with Gasteiger partial charge in [-0.05, 0) is 20.4 Å². The fourth-order valence-electron chi connectivity index (χ4n) is 2.87. The SMILES string of the molecule is CCCCCC(NC)C1(OCC)CCOCC1. The maximum Gasteiger partial charge on any atom is 0.0878 e. The molecule has 0 aromatic heterocycles. The molecule has 1 unspecified atom stereocenters. The largest absolute Gasteiger partial charge is 0.381 e. The lowest BCUT2D eigenvalue weighted by molar-refractivity contribution is -0.127. The summed E-state index contributed by atoms with van der Waals surface area (Å²) in [6.07, 6.45) is 7.15. The Balaban J connectivity index is 2.57. The van der Waals surface area contributed by atoms with Crippen molar-refractivity contribution in [1.82, 2.24) is 5.32 Å². The third-order valence-electron chi connectivity index (χ3n) is 3.85. The summed E-state index contributed by atoms with van der Waals surface area (Å²) < 4.78 is 11.6. The van der Waals surface area contributed by atoms with E-state index in [1.807, 2.05) is 0 Å². The second-order valence-corrected chi connectivity index (χ2v) is 4.95. The summed E-state index contributed by atoms with van der Waals surface area (Å²) >= 11 is 0. The van der Waals surface area contributed by atoms with E-state index in [0.29, 0.717) is 6.04 Å². The molecule has 0 amide bonds. The maximum atomic E-state index is 6.11. The number of hydrogen-bond donors (Lipinski definition) is 1. The molecular weight excluding hydrogens is 214 g/mol. The van der Waals surface area contributed by atoms with Crippen molar-refractivity contribution in [2.24, 2.45) is 0 Å².